The van der Waals surface area contributed by atoms with E-state index in [0.29, 0.717) is 11.6 Å². The maximum Gasteiger partial charge on any atom is 0.503 e. The minimum Gasteiger partial charge on any atom is -0.450 e. The molecule has 1 aromatic carbocycles. The Hall–Kier alpha value is -2.90. The van der Waals surface area contributed by atoms with Crippen molar-refractivity contribution in [1.29, 1.82) is 0 Å². The third-order valence-corrected chi connectivity index (χ3v) is 3.92. The molecule has 128 valence electrons. The van der Waals surface area contributed by atoms with Crippen LogP contribution in [0.2, 0.25) is 0 Å². The quantitative estimate of drug-likeness (QED) is 0.769. The summed E-state index contributed by atoms with van der Waals surface area (Å²) in [5.74, 6) is 0.605. The molecule has 3 rings (SSSR count). The molecule has 1 heterocycles. The van der Waals surface area contributed by atoms with Crippen LogP contribution < -0.4 is 5.73 Å². The second-order valence-electron chi connectivity index (χ2n) is 5.82. The third-order valence-electron chi connectivity index (χ3n) is 3.92. The SMILES string of the molecule is CN(C)C(=O)c1nc(N)nc2ccc(C3CCC3)cc12.O=C(O)O. The van der Waals surface area contributed by atoms with Gasteiger partial charge in [-0.05, 0) is 36.5 Å². The van der Waals surface area contributed by atoms with E-state index in [-0.39, 0.29) is 11.9 Å². The lowest BCUT2D eigenvalue weighted by atomic mass is 9.80. The molecule has 0 unspecified atom stereocenters. The second-order valence-corrected chi connectivity index (χ2v) is 5.82. The van der Waals surface area contributed by atoms with Gasteiger partial charge in [-0.15, -0.1) is 0 Å². The molecule has 24 heavy (non-hydrogen) atoms. The van der Waals surface area contributed by atoms with Crippen LogP contribution >= 0.6 is 0 Å². The summed E-state index contributed by atoms with van der Waals surface area (Å²) in [6.45, 7) is 0. The minimum absolute atomic E-state index is 0.138. The number of carboxylic acid groups (broad SMARTS) is 2. The van der Waals surface area contributed by atoms with Crippen molar-refractivity contribution in [2.24, 2.45) is 0 Å². The third kappa shape index (κ3) is 3.89. The number of benzene rings is 1. The average molecular weight is 332 g/mol. The highest BCUT2D eigenvalue weighted by Gasteiger charge is 2.22. The molecule has 0 spiro atoms. The number of aromatic nitrogens is 2. The molecule has 0 saturated heterocycles. The lowest BCUT2D eigenvalue weighted by Gasteiger charge is -2.26. The molecular formula is C16H20N4O4. The number of rotatable bonds is 2. The first kappa shape index (κ1) is 17.5. The second kappa shape index (κ2) is 7.12. The fourth-order valence-corrected chi connectivity index (χ4v) is 2.53. The van der Waals surface area contributed by atoms with E-state index >= 15 is 0 Å². The molecule has 1 aromatic heterocycles. The number of nitrogens with two attached hydrogens (primary N) is 1. The van der Waals surface area contributed by atoms with Crippen LogP contribution in [0.5, 0.6) is 0 Å². The van der Waals surface area contributed by atoms with E-state index in [1.54, 1.807) is 14.1 Å². The van der Waals surface area contributed by atoms with Crippen molar-refractivity contribution in [3.8, 4) is 0 Å². The Morgan fingerprint density at radius 1 is 1.21 bits per heavy atom. The largest absolute Gasteiger partial charge is 0.503 e. The van der Waals surface area contributed by atoms with E-state index in [0.717, 1.165) is 10.9 Å². The normalized spacial score (nSPS) is 13.6. The average Bonchev–Trinajstić information content (AvgIpc) is 2.43. The molecule has 4 N–H and O–H groups in total. The summed E-state index contributed by atoms with van der Waals surface area (Å²) >= 11 is 0. The Bertz CT molecular complexity index is 768. The molecule has 0 radical (unpaired) electrons. The van der Waals surface area contributed by atoms with Crippen LogP contribution in [0.4, 0.5) is 10.7 Å². The Morgan fingerprint density at radius 3 is 2.33 bits per heavy atom. The first-order chi connectivity index (χ1) is 11.3. The molecule has 1 aliphatic rings. The molecule has 8 nitrogen and oxygen atoms in total. The van der Waals surface area contributed by atoms with Gasteiger partial charge in [-0.1, -0.05) is 12.5 Å². The number of anilines is 1. The summed E-state index contributed by atoms with van der Waals surface area (Å²) in [4.78, 5) is 30.7. The van der Waals surface area contributed by atoms with E-state index in [2.05, 4.69) is 22.1 Å². The van der Waals surface area contributed by atoms with Gasteiger partial charge in [-0.25, -0.2) is 14.8 Å². The van der Waals surface area contributed by atoms with Crippen molar-refractivity contribution >= 4 is 28.9 Å². The van der Waals surface area contributed by atoms with E-state index in [9.17, 15) is 4.79 Å². The lowest BCUT2D eigenvalue weighted by molar-refractivity contribution is 0.0824. The number of nitrogen functional groups attached to an aromatic ring is 1. The van der Waals surface area contributed by atoms with Crippen LogP contribution in [0.1, 0.15) is 41.2 Å². The number of hydrogen-bond donors (Lipinski definition) is 3. The molecule has 0 atom stereocenters. The Balaban J connectivity index is 0.000000471. The van der Waals surface area contributed by atoms with Crippen molar-refractivity contribution in [1.82, 2.24) is 14.9 Å². The highest BCUT2D eigenvalue weighted by atomic mass is 16.6. The Labute approximate surface area is 138 Å². The summed E-state index contributed by atoms with van der Waals surface area (Å²) in [5.41, 5.74) is 8.09. The van der Waals surface area contributed by atoms with E-state index in [1.165, 1.54) is 29.7 Å². The van der Waals surface area contributed by atoms with Gasteiger partial charge in [0, 0.05) is 19.5 Å². The molecule has 1 fully saturated rings. The summed E-state index contributed by atoms with van der Waals surface area (Å²) in [7, 11) is 3.42. The summed E-state index contributed by atoms with van der Waals surface area (Å²) in [6, 6.07) is 6.07. The van der Waals surface area contributed by atoms with Crippen molar-refractivity contribution in [3.63, 3.8) is 0 Å². The zero-order valence-corrected chi connectivity index (χ0v) is 13.6. The predicted octanol–water partition coefficient (Wildman–Crippen LogP) is 2.40. The van der Waals surface area contributed by atoms with Crippen LogP contribution in [0.3, 0.4) is 0 Å². The maximum absolute atomic E-state index is 12.3. The zero-order valence-electron chi connectivity index (χ0n) is 13.6. The van der Waals surface area contributed by atoms with Crippen LogP contribution in [0.15, 0.2) is 18.2 Å². The van der Waals surface area contributed by atoms with Crippen LogP contribution in [0.25, 0.3) is 10.9 Å². The summed E-state index contributed by atoms with van der Waals surface area (Å²) < 4.78 is 0. The number of carbonyl (C=O) groups excluding carboxylic acids is 1. The molecule has 8 heteroatoms. The molecule has 2 aromatic rings. The van der Waals surface area contributed by atoms with Crippen LogP contribution in [0, 0.1) is 0 Å². The fourth-order valence-electron chi connectivity index (χ4n) is 2.53. The van der Waals surface area contributed by atoms with Gasteiger partial charge >= 0.3 is 6.16 Å². The number of nitrogens with zero attached hydrogens (tertiary/aromatic N) is 3. The number of amides is 1. The van der Waals surface area contributed by atoms with Gasteiger partial charge in [-0.2, -0.15) is 0 Å². The molecule has 0 aliphatic heterocycles. The van der Waals surface area contributed by atoms with Gasteiger partial charge in [0.15, 0.2) is 0 Å². The van der Waals surface area contributed by atoms with Gasteiger partial charge in [-0.3, -0.25) is 4.79 Å². The van der Waals surface area contributed by atoms with Gasteiger partial charge in [0.1, 0.15) is 5.69 Å². The van der Waals surface area contributed by atoms with E-state index in [1.807, 2.05) is 6.07 Å². The molecule has 1 amide bonds. The highest BCUT2D eigenvalue weighted by molar-refractivity contribution is 6.04. The van der Waals surface area contributed by atoms with Crippen molar-refractivity contribution in [2.75, 3.05) is 19.8 Å². The van der Waals surface area contributed by atoms with E-state index in [4.69, 9.17) is 20.7 Å². The monoisotopic (exact) mass is 332 g/mol. The summed E-state index contributed by atoms with van der Waals surface area (Å²) in [6.07, 6.45) is 1.89. The maximum atomic E-state index is 12.3. The zero-order chi connectivity index (χ0) is 17.9. The molecule has 0 bridgehead atoms. The van der Waals surface area contributed by atoms with Crippen molar-refractivity contribution in [2.45, 2.75) is 25.2 Å². The first-order valence-corrected chi connectivity index (χ1v) is 7.50. The van der Waals surface area contributed by atoms with Gasteiger partial charge in [0.25, 0.3) is 5.91 Å². The van der Waals surface area contributed by atoms with Crippen molar-refractivity contribution in [3.05, 3.63) is 29.5 Å². The number of carbonyl (C=O) groups is 2. The van der Waals surface area contributed by atoms with E-state index < -0.39 is 6.16 Å². The lowest BCUT2D eigenvalue weighted by Crippen LogP contribution is -2.23. The van der Waals surface area contributed by atoms with Crippen molar-refractivity contribution < 1.29 is 19.8 Å². The number of fused-ring (bicyclic) bond motifs is 1. The van der Waals surface area contributed by atoms with Crippen LogP contribution in [-0.4, -0.2) is 51.2 Å². The topological polar surface area (TPSA) is 130 Å². The van der Waals surface area contributed by atoms with Gasteiger partial charge in [0.05, 0.1) is 5.52 Å². The Morgan fingerprint density at radius 2 is 1.83 bits per heavy atom. The molecular weight excluding hydrogens is 312 g/mol. The number of hydrogen-bond acceptors (Lipinski definition) is 5. The van der Waals surface area contributed by atoms with Gasteiger partial charge < -0.3 is 20.8 Å². The highest BCUT2D eigenvalue weighted by Crippen LogP contribution is 2.37. The van der Waals surface area contributed by atoms with Crippen LogP contribution in [-0.2, 0) is 0 Å². The predicted molar refractivity (Wildman–Crippen MR) is 89.2 cm³/mol. The first-order valence-electron chi connectivity index (χ1n) is 7.50. The summed E-state index contributed by atoms with van der Waals surface area (Å²) in [5, 5.41) is 14.7. The smallest absolute Gasteiger partial charge is 0.450 e. The fraction of sp³-hybridized carbons (Fsp3) is 0.375. The van der Waals surface area contributed by atoms with Gasteiger partial charge in [0.2, 0.25) is 5.95 Å². The molecule has 1 saturated carbocycles. The molecule has 1 aliphatic carbocycles. The standard InChI is InChI=1S/C15H18N4O.CH2O3/c1-19(2)14(20)13-11-8-10(9-4-3-5-9)6-7-12(11)17-15(16)18-13;2-1(3)4/h6-9H,3-5H2,1-2H3,(H2,16,17,18);(H2,2,3,4). The minimum atomic E-state index is -1.83. The Kier molecular flexibility index (Phi) is 5.18.